The Balaban J connectivity index is 1.76. The highest BCUT2D eigenvalue weighted by molar-refractivity contribution is 7.09. The standard InChI is InChI=1S/C14H13N3OS/c1-10-16-11(8-19-10)6-12(18)7-17-9-15-13-4-2-3-5-14(13)17/h2-5,8-9H,6-7H2,1H3. The second-order valence-corrected chi connectivity index (χ2v) is 5.50. The summed E-state index contributed by atoms with van der Waals surface area (Å²) in [5, 5.41) is 2.94. The van der Waals surface area contributed by atoms with E-state index in [2.05, 4.69) is 9.97 Å². The van der Waals surface area contributed by atoms with Crippen LogP contribution in [0.5, 0.6) is 0 Å². The zero-order valence-corrected chi connectivity index (χ0v) is 11.4. The zero-order valence-electron chi connectivity index (χ0n) is 10.5. The number of benzene rings is 1. The summed E-state index contributed by atoms with van der Waals surface area (Å²) in [6.07, 6.45) is 2.10. The molecule has 0 aliphatic heterocycles. The molecule has 5 heteroatoms. The number of imidazole rings is 1. The van der Waals surface area contributed by atoms with E-state index >= 15 is 0 Å². The van der Waals surface area contributed by atoms with Crippen LogP contribution in [0.4, 0.5) is 0 Å². The van der Waals surface area contributed by atoms with Gasteiger partial charge in [0.15, 0.2) is 5.78 Å². The first-order valence-electron chi connectivity index (χ1n) is 6.05. The summed E-state index contributed by atoms with van der Waals surface area (Å²) in [5.74, 6) is 0.147. The van der Waals surface area contributed by atoms with Crippen molar-refractivity contribution in [2.45, 2.75) is 19.9 Å². The van der Waals surface area contributed by atoms with Crippen molar-refractivity contribution < 1.29 is 4.79 Å². The molecule has 3 aromatic rings. The van der Waals surface area contributed by atoms with Crippen molar-refractivity contribution in [3.05, 3.63) is 46.7 Å². The van der Waals surface area contributed by atoms with Crippen molar-refractivity contribution in [2.75, 3.05) is 0 Å². The highest BCUT2D eigenvalue weighted by Crippen LogP contribution is 2.13. The molecule has 0 fully saturated rings. The fourth-order valence-electron chi connectivity index (χ4n) is 2.07. The minimum absolute atomic E-state index is 0.147. The first-order valence-corrected chi connectivity index (χ1v) is 6.93. The lowest BCUT2D eigenvalue weighted by Crippen LogP contribution is -2.12. The number of carbonyl (C=O) groups is 1. The van der Waals surface area contributed by atoms with Gasteiger partial charge >= 0.3 is 0 Å². The summed E-state index contributed by atoms with van der Waals surface area (Å²) < 4.78 is 1.89. The Morgan fingerprint density at radius 2 is 2.21 bits per heavy atom. The largest absolute Gasteiger partial charge is 0.323 e. The number of aromatic nitrogens is 3. The molecule has 0 bridgehead atoms. The highest BCUT2D eigenvalue weighted by Gasteiger charge is 2.09. The van der Waals surface area contributed by atoms with Crippen molar-refractivity contribution in [3.8, 4) is 0 Å². The second-order valence-electron chi connectivity index (χ2n) is 4.43. The number of para-hydroxylation sites is 2. The second kappa shape index (κ2) is 4.93. The quantitative estimate of drug-likeness (QED) is 0.733. The van der Waals surface area contributed by atoms with Crippen LogP contribution < -0.4 is 0 Å². The lowest BCUT2D eigenvalue weighted by atomic mass is 10.2. The molecule has 3 rings (SSSR count). The Hall–Kier alpha value is -2.01. The van der Waals surface area contributed by atoms with Gasteiger partial charge in [-0.05, 0) is 19.1 Å². The van der Waals surface area contributed by atoms with Gasteiger partial charge in [-0.2, -0.15) is 0 Å². The van der Waals surface area contributed by atoms with Crippen LogP contribution in [0.3, 0.4) is 0 Å². The van der Waals surface area contributed by atoms with E-state index in [0.717, 1.165) is 21.7 Å². The Morgan fingerprint density at radius 1 is 1.37 bits per heavy atom. The number of Topliss-reactive ketones (excluding diaryl/α,β-unsaturated/α-hetero) is 1. The van der Waals surface area contributed by atoms with E-state index in [1.807, 2.05) is 41.1 Å². The van der Waals surface area contributed by atoms with E-state index in [1.165, 1.54) is 0 Å². The minimum Gasteiger partial charge on any atom is -0.323 e. The monoisotopic (exact) mass is 271 g/mol. The molecule has 2 heterocycles. The van der Waals surface area contributed by atoms with E-state index in [9.17, 15) is 4.79 Å². The average Bonchev–Trinajstić information content (AvgIpc) is 2.97. The number of carbonyl (C=O) groups excluding carboxylic acids is 1. The van der Waals surface area contributed by atoms with E-state index in [1.54, 1.807) is 17.7 Å². The molecule has 1 aromatic carbocycles. The third kappa shape index (κ3) is 2.56. The molecule has 19 heavy (non-hydrogen) atoms. The molecule has 2 aromatic heterocycles. The van der Waals surface area contributed by atoms with Gasteiger partial charge in [-0.3, -0.25) is 4.79 Å². The third-order valence-corrected chi connectivity index (χ3v) is 3.74. The fraction of sp³-hybridized carbons (Fsp3) is 0.214. The van der Waals surface area contributed by atoms with Crippen LogP contribution in [-0.2, 0) is 17.8 Å². The molecular formula is C14H13N3OS. The number of rotatable bonds is 4. The summed E-state index contributed by atoms with van der Waals surface area (Å²) >= 11 is 1.57. The van der Waals surface area contributed by atoms with Crippen molar-refractivity contribution in [1.29, 1.82) is 0 Å². The molecule has 0 aliphatic rings. The van der Waals surface area contributed by atoms with Crippen LogP contribution >= 0.6 is 11.3 Å². The van der Waals surface area contributed by atoms with Gasteiger partial charge in [-0.25, -0.2) is 9.97 Å². The summed E-state index contributed by atoms with van der Waals surface area (Å²) in [4.78, 5) is 20.6. The summed E-state index contributed by atoms with van der Waals surface area (Å²) in [7, 11) is 0. The first kappa shape index (κ1) is 12.0. The molecule has 4 nitrogen and oxygen atoms in total. The molecule has 0 unspecified atom stereocenters. The number of hydrogen-bond donors (Lipinski definition) is 0. The van der Waals surface area contributed by atoms with Crippen LogP contribution in [0, 0.1) is 6.92 Å². The first-order chi connectivity index (χ1) is 9.22. The number of thiazole rings is 1. The van der Waals surface area contributed by atoms with Crippen molar-refractivity contribution in [1.82, 2.24) is 14.5 Å². The molecule has 0 saturated heterocycles. The topological polar surface area (TPSA) is 47.8 Å². The van der Waals surface area contributed by atoms with Crippen LogP contribution in [0.1, 0.15) is 10.7 Å². The molecule has 0 radical (unpaired) electrons. The Morgan fingerprint density at radius 3 is 3.00 bits per heavy atom. The lowest BCUT2D eigenvalue weighted by molar-refractivity contribution is -0.118. The molecule has 0 spiro atoms. The van der Waals surface area contributed by atoms with Crippen LogP contribution in [0.25, 0.3) is 11.0 Å². The van der Waals surface area contributed by atoms with Gasteiger partial charge < -0.3 is 4.57 Å². The van der Waals surface area contributed by atoms with Crippen molar-refractivity contribution in [2.24, 2.45) is 0 Å². The fourth-order valence-corrected chi connectivity index (χ4v) is 2.69. The molecule has 96 valence electrons. The van der Waals surface area contributed by atoms with Gasteiger partial charge in [0.25, 0.3) is 0 Å². The number of fused-ring (bicyclic) bond motifs is 1. The van der Waals surface area contributed by atoms with Gasteiger partial charge in [-0.15, -0.1) is 11.3 Å². The van der Waals surface area contributed by atoms with Crippen LogP contribution in [0.15, 0.2) is 36.0 Å². The molecule has 0 N–H and O–H groups in total. The summed E-state index contributed by atoms with van der Waals surface area (Å²) in [6.45, 7) is 2.29. The van der Waals surface area contributed by atoms with E-state index in [0.29, 0.717) is 13.0 Å². The maximum Gasteiger partial charge on any atom is 0.158 e. The number of ketones is 1. The molecule has 0 aliphatic carbocycles. The Labute approximate surface area is 114 Å². The molecule has 0 saturated carbocycles. The SMILES string of the molecule is Cc1nc(CC(=O)Cn2cnc3ccccc32)cs1. The van der Waals surface area contributed by atoms with Gasteiger partial charge in [0.05, 0.1) is 41.0 Å². The predicted octanol–water partition coefficient (Wildman–Crippen LogP) is 2.61. The Bertz CT molecular complexity index is 729. The number of hydrogen-bond acceptors (Lipinski definition) is 4. The average molecular weight is 271 g/mol. The van der Waals surface area contributed by atoms with Crippen molar-refractivity contribution in [3.63, 3.8) is 0 Å². The van der Waals surface area contributed by atoms with Gasteiger partial charge in [0.1, 0.15) is 0 Å². The lowest BCUT2D eigenvalue weighted by Gasteiger charge is -2.02. The van der Waals surface area contributed by atoms with Gasteiger partial charge in [0.2, 0.25) is 0 Å². The van der Waals surface area contributed by atoms with Gasteiger partial charge in [0, 0.05) is 5.38 Å². The molecular weight excluding hydrogens is 258 g/mol. The smallest absolute Gasteiger partial charge is 0.158 e. The molecule has 0 amide bonds. The maximum atomic E-state index is 12.0. The predicted molar refractivity (Wildman–Crippen MR) is 75.3 cm³/mol. The highest BCUT2D eigenvalue weighted by atomic mass is 32.1. The van der Waals surface area contributed by atoms with E-state index in [-0.39, 0.29) is 5.78 Å². The van der Waals surface area contributed by atoms with Crippen LogP contribution in [-0.4, -0.2) is 20.3 Å². The summed E-state index contributed by atoms with van der Waals surface area (Å²) in [5.41, 5.74) is 2.77. The van der Waals surface area contributed by atoms with Crippen molar-refractivity contribution >= 4 is 28.2 Å². The number of aryl methyl sites for hydroxylation is 1. The summed E-state index contributed by atoms with van der Waals surface area (Å²) in [6, 6.07) is 7.82. The maximum absolute atomic E-state index is 12.0. The zero-order chi connectivity index (χ0) is 13.2. The van der Waals surface area contributed by atoms with E-state index < -0.39 is 0 Å². The minimum atomic E-state index is 0.147. The molecule has 0 atom stereocenters. The number of nitrogens with zero attached hydrogens (tertiary/aromatic N) is 3. The normalized spacial score (nSPS) is 11.0. The van der Waals surface area contributed by atoms with Gasteiger partial charge in [-0.1, -0.05) is 12.1 Å². The Kier molecular flexibility index (Phi) is 3.13. The van der Waals surface area contributed by atoms with Crippen LogP contribution in [0.2, 0.25) is 0 Å². The third-order valence-electron chi connectivity index (χ3n) is 2.92. The van der Waals surface area contributed by atoms with E-state index in [4.69, 9.17) is 0 Å².